The Bertz CT molecular complexity index is 601. The lowest BCUT2D eigenvalue weighted by Gasteiger charge is -2.11. The molecule has 1 N–H and O–H groups in total. The Hall–Kier alpha value is -1.34. The smallest absolute Gasteiger partial charge is 0.355 e. The van der Waals surface area contributed by atoms with Crippen LogP contribution < -0.4 is 4.72 Å². The second-order valence-corrected chi connectivity index (χ2v) is 6.69. The largest absolute Gasteiger partial charge is 0.464 e. The first-order chi connectivity index (χ1) is 8.77. The number of hydrogen-bond acceptors (Lipinski definition) is 4. The van der Waals surface area contributed by atoms with Gasteiger partial charge in [-0.1, -0.05) is 33.6 Å². The number of methoxy groups -OCH3 is 1. The summed E-state index contributed by atoms with van der Waals surface area (Å²) in [5.74, 6) is -0.759. The minimum Gasteiger partial charge on any atom is -0.464 e. The molecule has 0 spiro atoms. The second-order valence-electron chi connectivity index (χ2n) is 3.82. The van der Waals surface area contributed by atoms with Gasteiger partial charge in [0.1, 0.15) is 5.70 Å². The quantitative estimate of drug-likeness (QED) is 0.668. The van der Waals surface area contributed by atoms with Crippen LogP contribution in [0.4, 0.5) is 0 Å². The van der Waals surface area contributed by atoms with E-state index in [2.05, 4.69) is 25.4 Å². The summed E-state index contributed by atoms with van der Waals surface area (Å²) in [5.41, 5.74) is 0.794. The monoisotopic (exact) mass is 347 g/mol. The maximum atomic E-state index is 12.1. The number of benzene rings is 1. The fourth-order valence-electron chi connectivity index (χ4n) is 1.27. The third-order valence-corrected chi connectivity index (χ3v) is 4.06. The first-order valence-corrected chi connectivity index (χ1v) is 7.59. The highest BCUT2D eigenvalue weighted by atomic mass is 79.9. The van der Waals surface area contributed by atoms with Gasteiger partial charge in [-0.15, -0.1) is 0 Å². The third kappa shape index (κ3) is 4.07. The number of carbonyl (C=O) groups is 1. The van der Waals surface area contributed by atoms with E-state index in [-0.39, 0.29) is 10.6 Å². The minimum absolute atomic E-state index is 0.0771. The Kier molecular flexibility index (Phi) is 5.13. The number of halogens is 1. The Balaban J connectivity index is 3.12. The molecular weight excluding hydrogens is 334 g/mol. The van der Waals surface area contributed by atoms with Crippen LogP contribution in [-0.4, -0.2) is 21.5 Å². The number of allylic oxidation sites excluding steroid dienone is 1. The molecule has 0 fully saturated rings. The van der Waals surface area contributed by atoms with Crippen LogP contribution in [0.1, 0.15) is 12.5 Å². The van der Waals surface area contributed by atoms with Gasteiger partial charge < -0.3 is 4.74 Å². The summed E-state index contributed by atoms with van der Waals surface area (Å²) in [6.07, 6.45) is 0. The molecule has 1 aromatic carbocycles. The Morgan fingerprint density at radius 1 is 1.26 bits per heavy atom. The maximum Gasteiger partial charge on any atom is 0.355 e. The van der Waals surface area contributed by atoms with Gasteiger partial charge in [0.05, 0.1) is 12.0 Å². The lowest BCUT2D eigenvalue weighted by molar-refractivity contribution is -0.136. The molecule has 0 atom stereocenters. The highest BCUT2D eigenvalue weighted by molar-refractivity contribution is 9.11. The molecule has 0 saturated heterocycles. The average Bonchev–Trinajstić information content (AvgIpc) is 2.35. The molecular formula is C12H14BrNO4S. The molecule has 104 valence electrons. The normalized spacial score (nSPS) is 12.6. The Labute approximate surface area is 120 Å². The molecule has 5 nitrogen and oxygen atoms in total. The van der Waals surface area contributed by atoms with Crippen molar-refractivity contribution < 1.29 is 17.9 Å². The maximum absolute atomic E-state index is 12.1. The van der Waals surface area contributed by atoms with Crippen LogP contribution in [0.5, 0.6) is 0 Å². The van der Waals surface area contributed by atoms with Gasteiger partial charge in [0, 0.05) is 4.48 Å². The molecule has 0 aliphatic carbocycles. The van der Waals surface area contributed by atoms with Crippen molar-refractivity contribution in [2.45, 2.75) is 18.7 Å². The van der Waals surface area contributed by atoms with Gasteiger partial charge in [-0.25, -0.2) is 13.2 Å². The van der Waals surface area contributed by atoms with E-state index in [1.165, 1.54) is 19.2 Å². The van der Waals surface area contributed by atoms with Gasteiger partial charge in [-0.05, 0) is 26.0 Å². The number of nitrogens with one attached hydrogen (secondary N) is 1. The fraction of sp³-hybridized carbons (Fsp3) is 0.250. The van der Waals surface area contributed by atoms with Gasteiger partial charge in [0.25, 0.3) is 10.0 Å². The van der Waals surface area contributed by atoms with E-state index in [1.54, 1.807) is 19.1 Å². The summed E-state index contributed by atoms with van der Waals surface area (Å²) < 4.78 is 31.3. The minimum atomic E-state index is -3.82. The summed E-state index contributed by atoms with van der Waals surface area (Å²) in [5, 5.41) is 0. The van der Waals surface area contributed by atoms with Gasteiger partial charge in [-0.2, -0.15) is 0 Å². The number of carbonyl (C=O) groups excluding carboxylic acids is 1. The van der Waals surface area contributed by atoms with E-state index in [4.69, 9.17) is 0 Å². The molecule has 0 radical (unpaired) electrons. The molecule has 0 aromatic heterocycles. The Morgan fingerprint density at radius 2 is 1.79 bits per heavy atom. The average molecular weight is 348 g/mol. The van der Waals surface area contributed by atoms with Crippen molar-refractivity contribution in [3.05, 3.63) is 40.0 Å². The van der Waals surface area contributed by atoms with Crippen molar-refractivity contribution in [3.8, 4) is 0 Å². The number of sulfonamides is 1. The SMILES string of the molecule is COC(=O)/C(NS(=O)(=O)c1ccc(C)cc1)=C(\C)Br. The summed E-state index contributed by atoms with van der Waals surface area (Å²) in [6, 6.07) is 6.29. The molecule has 1 aromatic rings. The predicted octanol–water partition coefficient (Wildman–Crippen LogP) is 2.07. The first kappa shape index (κ1) is 15.7. The van der Waals surface area contributed by atoms with Crippen LogP contribution in [0.15, 0.2) is 39.3 Å². The summed E-state index contributed by atoms with van der Waals surface area (Å²) in [4.78, 5) is 11.6. The summed E-state index contributed by atoms with van der Waals surface area (Å²) in [6.45, 7) is 3.40. The second kappa shape index (κ2) is 6.21. The lowest BCUT2D eigenvalue weighted by atomic mass is 10.2. The van der Waals surface area contributed by atoms with Crippen molar-refractivity contribution in [1.82, 2.24) is 4.72 Å². The van der Waals surface area contributed by atoms with E-state index in [9.17, 15) is 13.2 Å². The van der Waals surface area contributed by atoms with E-state index in [0.717, 1.165) is 5.56 Å². The van der Waals surface area contributed by atoms with Gasteiger partial charge >= 0.3 is 5.97 Å². The molecule has 0 amide bonds. The molecule has 19 heavy (non-hydrogen) atoms. The molecule has 0 bridgehead atoms. The molecule has 0 saturated carbocycles. The van der Waals surface area contributed by atoms with Crippen molar-refractivity contribution in [3.63, 3.8) is 0 Å². The molecule has 1 rings (SSSR count). The van der Waals surface area contributed by atoms with Crippen molar-refractivity contribution >= 4 is 31.9 Å². The summed E-state index contributed by atoms with van der Waals surface area (Å²) >= 11 is 3.07. The fourth-order valence-corrected chi connectivity index (χ4v) is 2.78. The van der Waals surface area contributed by atoms with Gasteiger partial charge in [0.15, 0.2) is 0 Å². The predicted molar refractivity (Wildman–Crippen MR) is 75.1 cm³/mol. The van der Waals surface area contributed by atoms with Crippen LogP contribution >= 0.6 is 15.9 Å². The van der Waals surface area contributed by atoms with Crippen LogP contribution in [0, 0.1) is 6.92 Å². The van der Waals surface area contributed by atoms with Gasteiger partial charge in [-0.3, -0.25) is 4.72 Å². The highest BCUT2D eigenvalue weighted by Crippen LogP contribution is 2.15. The molecule has 0 unspecified atom stereocenters. The third-order valence-electron chi connectivity index (χ3n) is 2.30. The molecule has 0 aliphatic rings. The molecule has 7 heteroatoms. The van der Waals surface area contributed by atoms with Crippen LogP contribution in [0.25, 0.3) is 0 Å². The number of ether oxygens (including phenoxy) is 1. The number of aryl methyl sites for hydroxylation is 1. The van der Waals surface area contributed by atoms with E-state index < -0.39 is 16.0 Å². The van der Waals surface area contributed by atoms with E-state index in [1.807, 2.05) is 6.92 Å². The zero-order chi connectivity index (χ0) is 14.6. The highest BCUT2D eigenvalue weighted by Gasteiger charge is 2.21. The van der Waals surface area contributed by atoms with Crippen LogP contribution in [-0.2, 0) is 19.6 Å². The standard InChI is InChI=1S/C12H14BrNO4S/c1-8-4-6-10(7-5-8)19(16,17)14-11(9(2)13)12(15)18-3/h4-7,14H,1-3H3/b11-9-. The van der Waals surface area contributed by atoms with Gasteiger partial charge in [0.2, 0.25) is 0 Å². The number of rotatable bonds is 4. The van der Waals surface area contributed by atoms with E-state index in [0.29, 0.717) is 4.48 Å². The molecule has 0 heterocycles. The van der Waals surface area contributed by atoms with Crippen LogP contribution in [0.3, 0.4) is 0 Å². The Morgan fingerprint density at radius 3 is 2.21 bits per heavy atom. The topological polar surface area (TPSA) is 72.5 Å². The van der Waals surface area contributed by atoms with Crippen molar-refractivity contribution in [2.75, 3.05) is 7.11 Å². The molecule has 0 aliphatic heterocycles. The number of hydrogen-bond donors (Lipinski definition) is 1. The summed E-state index contributed by atoms with van der Waals surface area (Å²) in [7, 11) is -2.64. The first-order valence-electron chi connectivity index (χ1n) is 5.32. The van der Waals surface area contributed by atoms with Crippen LogP contribution in [0.2, 0.25) is 0 Å². The zero-order valence-electron chi connectivity index (χ0n) is 10.7. The lowest BCUT2D eigenvalue weighted by Crippen LogP contribution is -2.28. The van der Waals surface area contributed by atoms with Crippen molar-refractivity contribution in [2.24, 2.45) is 0 Å². The zero-order valence-corrected chi connectivity index (χ0v) is 13.1. The van der Waals surface area contributed by atoms with E-state index >= 15 is 0 Å². The number of esters is 1. The van der Waals surface area contributed by atoms with Crippen molar-refractivity contribution in [1.29, 1.82) is 0 Å².